The van der Waals surface area contributed by atoms with Gasteiger partial charge in [0.15, 0.2) is 5.82 Å². The van der Waals surface area contributed by atoms with Gasteiger partial charge in [-0.3, -0.25) is 9.59 Å². The second kappa shape index (κ2) is 6.67. The lowest BCUT2D eigenvalue weighted by atomic mass is 10.0. The fourth-order valence-electron chi connectivity index (χ4n) is 3.32. The first kappa shape index (κ1) is 15.8. The summed E-state index contributed by atoms with van der Waals surface area (Å²) in [6.07, 6.45) is 3.01. The first-order valence-electron chi connectivity index (χ1n) is 8.17. The van der Waals surface area contributed by atoms with Gasteiger partial charge in [-0.05, 0) is 12.1 Å². The molecule has 2 unspecified atom stereocenters. The van der Waals surface area contributed by atoms with Crippen LogP contribution in [0.25, 0.3) is 0 Å². The number of nitrogens with zero attached hydrogens (tertiary/aromatic N) is 4. The van der Waals surface area contributed by atoms with E-state index in [2.05, 4.69) is 10.1 Å². The number of morpholine rings is 1. The molecule has 0 saturated carbocycles. The summed E-state index contributed by atoms with van der Waals surface area (Å²) < 4.78 is 15.5. The topological polar surface area (TPSA) is 102 Å². The number of carbonyl (C=O) groups is 2. The average molecular weight is 346 g/mol. The quantitative estimate of drug-likeness (QED) is 0.799. The van der Waals surface area contributed by atoms with Crippen LogP contribution < -0.4 is 0 Å². The van der Waals surface area contributed by atoms with Crippen molar-refractivity contribution in [3.8, 4) is 0 Å². The minimum atomic E-state index is -0.380. The molecule has 4 rings (SSSR count). The molecule has 25 heavy (non-hydrogen) atoms. The fraction of sp³-hybridized carbons (Fsp3) is 0.500. The van der Waals surface area contributed by atoms with E-state index in [9.17, 15) is 9.59 Å². The Labute approximate surface area is 143 Å². The highest BCUT2D eigenvalue weighted by atomic mass is 16.5. The number of likely N-dealkylation sites (tertiary alicyclic amines) is 1. The Morgan fingerprint density at radius 2 is 2.32 bits per heavy atom. The molecule has 9 heteroatoms. The number of carbonyl (C=O) groups excluding carboxylic acids is 2. The predicted molar refractivity (Wildman–Crippen MR) is 81.8 cm³/mol. The largest absolute Gasteiger partial charge is 0.467 e. The van der Waals surface area contributed by atoms with E-state index < -0.39 is 0 Å². The summed E-state index contributed by atoms with van der Waals surface area (Å²) in [5, 5.41) is 3.83. The molecule has 2 aliphatic rings. The summed E-state index contributed by atoms with van der Waals surface area (Å²) in [5.74, 6) is 0.629. The molecule has 0 bridgehead atoms. The Morgan fingerprint density at radius 1 is 1.40 bits per heavy atom. The highest BCUT2D eigenvalue weighted by molar-refractivity contribution is 5.89. The zero-order chi connectivity index (χ0) is 17.2. The van der Waals surface area contributed by atoms with Crippen LogP contribution in [0.3, 0.4) is 0 Å². The van der Waals surface area contributed by atoms with E-state index in [1.54, 1.807) is 22.1 Å². The van der Waals surface area contributed by atoms with Gasteiger partial charge in [-0.1, -0.05) is 5.16 Å². The molecule has 2 fully saturated rings. The number of aromatic nitrogens is 2. The first-order valence-corrected chi connectivity index (χ1v) is 8.17. The summed E-state index contributed by atoms with van der Waals surface area (Å²) in [6, 6.07) is 3.22. The van der Waals surface area contributed by atoms with Crippen molar-refractivity contribution in [3.63, 3.8) is 0 Å². The summed E-state index contributed by atoms with van der Waals surface area (Å²) in [6.45, 7) is 1.99. The van der Waals surface area contributed by atoms with Crippen LogP contribution in [0.4, 0.5) is 0 Å². The third kappa shape index (κ3) is 3.14. The highest BCUT2D eigenvalue weighted by Gasteiger charge is 2.40. The van der Waals surface area contributed by atoms with Gasteiger partial charge in [-0.15, -0.1) is 0 Å². The Morgan fingerprint density at radius 3 is 3.08 bits per heavy atom. The van der Waals surface area contributed by atoms with Crippen LogP contribution in [0, 0.1) is 5.92 Å². The van der Waals surface area contributed by atoms with Crippen molar-refractivity contribution in [2.45, 2.75) is 19.0 Å². The number of hydrogen-bond donors (Lipinski definition) is 0. The Bertz CT molecular complexity index is 730. The molecule has 0 aromatic carbocycles. The first-order chi connectivity index (χ1) is 12.2. The summed E-state index contributed by atoms with van der Waals surface area (Å²) in [4.78, 5) is 32.6. The minimum absolute atomic E-state index is 0.0425. The van der Waals surface area contributed by atoms with Crippen LogP contribution in [0.15, 0.2) is 33.7 Å². The smallest absolute Gasteiger partial charge is 0.228 e. The summed E-state index contributed by atoms with van der Waals surface area (Å²) >= 11 is 0. The Hall–Kier alpha value is -2.68. The molecule has 2 atom stereocenters. The Kier molecular flexibility index (Phi) is 4.22. The van der Waals surface area contributed by atoms with Gasteiger partial charge in [0.2, 0.25) is 18.2 Å². The van der Waals surface area contributed by atoms with E-state index >= 15 is 0 Å². The maximum atomic E-state index is 13.0. The van der Waals surface area contributed by atoms with Crippen LogP contribution in [0.2, 0.25) is 0 Å². The van der Waals surface area contributed by atoms with Crippen LogP contribution in [-0.4, -0.2) is 58.1 Å². The Balaban J connectivity index is 1.45. The van der Waals surface area contributed by atoms with Crippen LogP contribution >= 0.6 is 0 Å². The third-order valence-electron chi connectivity index (χ3n) is 4.58. The van der Waals surface area contributed by atoms with Crippen molar-refractivity contribution >= 4 is 11.8 Å². The molecule has 2 aliphatic heterocycles. The second-order valence-electron chi connectivity index (χ2n) is 6.17. The molecule has 0 aliphatic carbocycles. The van der Waals surface area contributed by atoms with Crippen LogP contribution in [0.1, 0.15) is 24.0 Å². The van der Waals surface area contributed by atoms with E-state index in [0.717, 1.165) is 0 Å². The number of amides is 2. The van der Waals surface area contributed by atoms with Gasteiger partial charge in [0.25, 0.3) is 0 Å². The monoisotopic (exact) mass is 346 g/mol. The van der Waals surface area contributed by atoms with Gasteiger partial charge < -0.3 is 23.5 Å². The minimum Gasteiger partial charge on any atom is -0.467 e. The van der Waals surface area contributed by atoms with Crippen molar-refractivity contribution in [2.24, 2.45) is 5.92 Å². The van der Waals surface area contributed by atoms with Crippen molar-refractivity contribution in [2.75, 3.05) is 26.3 Å². The van der Waals surface area contributed by atoms with E-state index in [0.29, 0.717) is 44.4 Å². The van der Waals surface area contributed by atoms with Gasteiger partial charge in [0.05, 0.1) is 31.9 Å². The molecule has 0 radical (unpaired) electrons. The fourth-order valence-corrected chi connectivity index (χ4v) is 3.32. The van der Waals surface area contributed by atoms with Gasteiger partial charge in [-0.25, -0.2) is 0 Å². The lowest BCUT2D eigenvalue weighted by molar-refractivity contribution is -0.145. The van der Waals surface area contributed by atoms with Crippen molar-refractivity contribution in [1.82, 2.24) is 19.9 Å². The van der Waals surface area contributed by atoms with E-state index in [1.165, 1.54) is 6.39 Å². The SMILES string of the molecule is O=C1CC(C(=O)N2CCOCC2c2ncon2)CN1Cc1ccco1. The van der Waals surface area contributed by atoms with E-state index in [4.69, 9.17) is 13.7 Å². The second-order valence-corrected chi connectivity index (χ2v) is 6.17. The van der Waals surface area contributed by atoms with E-state index in [1.807, 2.05) is 6.07 Å². The standard InChI is InChI=1S/C16H18N4O5/c21-14-6-11(7-19(14)8-12-2-1-4-24-12)16(22)20-3-5-23-9-13(20)15-17-10-25-18-15/h1-2,4,10-11,13H,3,5-9H2. The zero-order valence-electron chi connectivity index (χ0n) is 13.5. The number of furan rings is 1. The number of ether oxygens (including phenoxy) is 1. The third-order valence-corrected chi connectivity index (χ3v) is 4.58. The maximum Gasteiger partial charge on any atom is 0.228 e. The maximum absolute atomic E-state index is 13.0. The zero-order valence-corrected chi connectivity index (χ0v) is 13.5. The molecule has 132 valence electrons. The lowest BCUT2D eigenvalue weighted by Gasteiger charge is -2.35. The molecular weight excluding hydrogens is 328 g/mol. The van der Waals surface area contributed by atoms with Crippen LogP contribution in [-0.2, 0) is 20.9 Å². The molecule has 9 nitrogen and oxygen atoms in total. The van der Waals surface area contributed by atoms with Gasteiger partial charge in [0.1, 0.15) is 11.8 Å². The normalized spacial score (nSPS) is 24.1. The van der Waals surface area contributed by atoms with Crippen molar-refractivity contribution in [1.29, 1.82) is 0 Å². The number of rotatable bonds is 4. The summed E-state index contributed by atoms with van der Waals surface area (Å²) in [5.41, 5.74) is 0. The average Bonchev–Trinajstić information content (AvgIpc) is 3.38. The predicted octanol–water partition coefficient (Wildman–Crippen LogP) is 0.611. The number of hydrogen-bond acceptors (Lipinski definition) is 7. The van der Waals surface area contributed by atoms with Gasteiger partial charge in [-0.2, -0.15) is 4.98 Å². The van der Waals surface area contributed by atoms with Crippen molar-refractivity contribution < 1.29 is 23.3 Å². The molecule has 2 aromatic heterocycles. The molecule has 0 N–H and O–H groups in total. The van der Waals surface area contributed by atoms with E-state index in [-0.39, 0.29) is 30.2 Å². The lowest BCUT2D eigenvalue weighted by Crippen LogP contribution is -2.46. The molecule has 2 amide bonds. The van der Waals surface area contributed by atoms with Crippen molar-refractivity contribution in [3.05, 3.63) is 36.4 Å². The molecule has 4 heterocycles. The highest BCUT2D eigenvalue weighted by Crippen LogP contribution is 2.28. The summed E-state index contributed by atoms with van der Waals surface area (Å²) in [7, 11) is 0. The van der Waals surface area contributed by atoms with Gasteiger partial charge in [0, 0.05) is 19.5 Å². The molecule has 2 saturated heterocycles. The molecule has 2 aromatic rings. The molecule has 0 spiro atoms. The molecular formula is C16H18N4O5. The van der Waals surface area contributed by atoms with Crippen LogP contribution in [0.5, 0.6) is 0 Å². The van der Waals surface area contributed by atoms with Gasteiger partial charge >= 0.3 is 0 Å².